The second kappa shape index (κ2) is 9.22. The molecule has 34 heavy (non-hydrogen) atoms. The van der Waals surface area contributed by atoms with Gasteiger partial charge in [-0.25, -0.2) is 19.3 Å². The van der Waals surface area contributed by atoms with Gasteiger partial charge < -0.3 is 15.1 Å². The molecule has 5 heterocycles. The Hall–Kier alpha value is -4.41. The van der Waals surface area contributed by atoms with Crippen LogP contribution in [-0.4, -0.2) is 61.8 Å². The van der Waals surface area contributed by atoms with Gasteiger partial charge in [0.1, 0.15) is 11.6 Å². The summed E-state index contributed by atoms with van der Waals surface area (Å²) in [4.78, 5) is 34.0. The zero-order valence-electron chi connectivity index (χ0n) is 18.5. The number of hydrogen-bond donors (Lipinski definition) is 1. The van der Waals surface area contributed by atoms with Crippen LogP contribution < -0.4 is 15.1 Å². The van der Waals surface area contributed by atoms with E-state index >= 15 is 0 Å². The van der Waals surface area contributed by atoms with Crippen LogP contribution in [0.25, 0.3) is 11.3 Å². The second-order valence-corrected chi connectivity index (χ2v) is 7.87. The lowest BCUT2D eigenvalue weighted by Crippen LogP contribution is -2.47. The molecule has 1 fully saturated rings. The highest BCUT2D eigenvalue weighted by Gasteiger charge is 2.20. The summed E-state index contributed by atoms with van der Waals surface area (Å²) in [7, 11) is 1.84. The smallest absolute Gasteiger partial charge is 0.257 e. The summed E-state index contributed by atoms with van der Waals surface area (Å²) in [6, 6.07) is 6.60. The largest absolute Gasteiger partial charge is 0.353 e. The van der Waals surface area contributed by atoms with Gasteiger partial charge >= 0.3 is 0 Å². The molecule has 0 unspecified atom stereocenters. The summed E-state index contributed by atoms with van der Waals surface area (Å²) in [5.74, 6) is 0.707. The fraction of sp³-hybridized carbons (Fsp3) is 0.217. The molecule has 0 bridgehead atoms. The third kappa shape index (κ3) is 4.68. The number of piperazine rings is 1. The fourth-order valence-electron chi connectivity index (χ4n) is 3.70. The van der Waals surface area contributed by atoms with E-state index in [0.717, 1.165) is 30.2 Å². The Morgan fingerprint density at radius 1 is 0.882 bits per heavy atom. The van der Waals surface area contributed by atoms with Crippen LogP contribution in [-0.2, 0) is 7.05 Å². The molecule has 0 spiro atoms. The van der Waals surface area contributed by atoms with Gasteiger partial charge in [-0.05, 0) is 24.3 Å². The van der Waals surface area contributed by atoms with Crippen molar-refractivity contribution in [1.29, 1.82) is 0 Å². The molecule has 10 nitrogen and oxygen atoms in total. The summed E-state index contributed by atoms with van der Waals surface area (Å²) < 4.78 is 14.8. The van der Waals surface area contributed by atoms with E-state index in [9.17, 15) is 9.18 Å². The van der Waals surface area contributed by atoms with Gasteiger partial charge in [0.05, 0.1) is 41.7 Å². The first-order valence-corrected chi connectivity index (χ1v) is 10.7. The first kappa shape index (κ1) is 21.4. The predicted octanol–water partition coefficient (Wildman–Crippen LogP) is 2.39. The van der Waals surface area contributed by atoms with E-state index in [4.69, 9.17) is 0 Å². The normalized spacial score (nSPS) is 13.7. The molecule has 11 heteroatoms. The van der Waals surface area contributed by atoms with E-state index in [1.807, 2.05) is 13.2 Å². The van der Waals surface area contributed by atoms with Gasteiger partial charge in [0.2, 0.25) is 5.95 Å². The zero-order chi connectivity index (χ0) is 23.5. The van der Waals surface area contributed by atoms with Crippen molar-refractivity contribution >= 4 is 23.4 Å². The van der Waals surface area contributed by atoms with Gasteiger partial charge in [-0.3, -0.25) is 14.5 Å². The Kier molecular flexibility index (Phi) is 5.81. The van der Waals surface area contributed by atoms with Gasteiger partial charge in [0.25, 0.3) is 5.91 Å². The molecule has 5 rings (SSSR count). The van der Waals surface area contributed by atoms with Gasteiger partial charge in [-0.15, -0.1) is 0 Å². The molecule has 1 amide bonds. The lowest BCUT2D eigenvalue weighted by molar-refractivity contribution is 0.102. The zero-order valence-corrected chi connectivity index (χ0v) is 18.5. The van der Waals surface area contributed by atoms with Crippen LogP contribution in [0.2, 0.25) is 0 Å². The number of hydrogen-bond acceptors (Lipinski definition) is 8. The number of nitrogens with one attached hydrogen (secondary N) is 1. The number of aromatic nitrogens is 6. The maximum absolute atomic E-state index is 13.1. The molecular weight excluding hydrogens is 437 g/mol. The van der Waals surface area contributed by atoms with Crippen LogP contribution >= 0.6 is 0 Å². The lowest BCUT2D eigenvalue weighted by Gasteiger charge is -2.35. The van der Waals surface area contributed by atoms with Crippen molar-refractivity contribution in [3.05, 3.63) is 72.8 Å². The number of anilines is 3. The molecule has 0 atom stereocenters. The summed E-state index contributed by atoms with van der Waals surface area (Å²) in [5, 5.41) is 6.93. The number of amides is 1. The van der Waals surface area contributed by atoms with E-state index in [-0.39, 0.29) is 11.7 Å². The van der Waals surface area contributed by atoms with Crippen molar-refractivity contribution in [3.63, 3.8) is 0 Å². The number of pyridine rings is 2. The number of rotatable bonds is 5. The Balaban J connectivity index is 1.17. The van der Waals surface area contributed by atoms with Crippen molar-refractivity contribution in [3.8, 4) is 11.3 Å². The summed E-state index contributed by atoms with van der Waals surface area (Å²) >= 11 is 0. The van der Waals surface area contributed by atoms with Crippen molar-refractivity contribution in [2.45, 2.75) is 0 Å². The monoisotopic (exact) mass is 459 g/mol. The Labute approximate surface area is 195 Å². The molecule has 4 aromatic rings. The highest BCUT2D eigenvalue weighted by Crippen LogP contribution is 2.19. The first-order chi connectivity index (χ1) is 16.5. The van der Waals surface area contributed by atoms with Crippen LogP contribution in [0.3, 0.4) is 0 Å². The number of halogens is 1. The minimum atomic E-state index is -0.346. The quantitative estimate of drug-likeness (QED) is 0.485. The number of nitrogens with zero attached hydrogens (tertiary/aromatic N) is 8. The summed E-state index contributed by atoms with van der Waals surface area (Å²) in [6.07, 6.45) is 9.52. The second-order valence-electron chi connectivity index (χ2n) is 7.87. The van der Waals surface area contributed by atoms with Crippen molar-refractivity contribution < 1.29 is 9.18 Å². The van der Waals surface area contributed by atoms with Crippen molar-refractivity contribution in [2.24, 2.45) is 7.05 Å². The third-order valence-corrected chi connectivity index (χ3v) is 5.52. The van der Waals surface area contributed by atoms with Gasteiger partial charge in [0.15, 0.2) is 0 Å². The first-order valence-electron chi connectivity index (χ1n) is 10.7. The minimum Gasteiger partial charge on any atom is -0.353 e. The molecule has 0 aromatic carbocycles. The molecule has 1 aliphatic heterocycles. The maximum Gasteiger partial charge on any atom is 0.257 e. The molecule has 172 valence electrons. The van der Waals surface area contributed by atoms with Crippen molar-refractivity contribution in [1.82, 2.24) is 29.7 Å². The number of carbonyl (C=O) groups is 1. The minimum absolute atomic E-state index is 0.290. The average molecular weight is 459 g/mol. The molecule has 4 aromatic heterocycles. The molecular formula is C23H22FN9O. The van der Waals surface area contributed by atoms with Gasteiger partial charge in [-0.2, -0.15) is 5.10 Å². The Bertz CT molecular complexity index is 1270. The molecule has 0 radical (unpaired) electrons. The fourth-order valence-corrected chi connectivity index (χ4v) is 3.70. The third-order valence-electron chi connectivity index (χ3n) is 5.52. The van der Waals surface area contributed by atoms with E-state index in [1.165, 1.54) is 18.5 Å². The highest BCUT2D eigenvalue weighted by atomic mass is 19.1. The molecule has 0 saturated carbocycles. The SMILES string of the molecule is Cn1cc(-c2ccc(C(=O)Nc3cnc(N4CCN(c5ccc(F)cn5)CC4)nc3)cn2)cn1. The summed E-state index contributed by atoms with van der Waals surface area (Å²) in [5.41, 5.74) is 2.56. The standard InChI is InChI=1S/C23H22FN9O/c1-31-15-17(11-29-31)20-4-2-16(10-25-20)22(34)30-19-13-27-23(28-14-19)33-8-6-32(7-9-33)21-5-3-18(24)12-26-21/h2-5,10-15H,6-9H2,1H3,(H,30,34). The van der Waals surface area contributed by atoms with Crippen molar-refractivity contribution in [2.75, 3.05) is 41.3 Å². The van der Waals surface area contributed by atoms with Gasteiger partial charge in [-0.1, -0.05) is 0 Å². The molecule has 1 N–H and O–H groups in total. The van der Waals surface area contributed by atoms with Crippen LogP contribution in [0.1, 0.15) is 10.4 Å². The van der Waals surface area contributed by atoms with E-state index < -0.39 is 0 Å². The molecule has 1 aliphatic rings. The van der Waals surface area contributed by atoms with Crippen LogP contribution in [0, 0.1) is 5.82 Å². The highest BCUT2D eigenvalue weighted by molar-refractivity contribution is 6.04. The van der Waals surface area contributed by atoms with Crippen LogP contribution in [0.5, 0.6) is 0 Å². The maximum atomic E-state index is 13.1. The van der Waals surface area contributed by atoms with Gasteiger partial charge in [0, 0.05) is 51.2 Å². The molecule has 0 aliphatic carbocycles. The lowest BCUT2D eigenvalue weighted by atomic mass is 10.2. The number of aryl methyl sites for hydroxylation is 1. The Morgan fingerprint density at radius 3 is 2.26 bits per heavy atom. The average Bonchev–Trinajstić information content (AvgIpc) is 3.31. The van der Waals surface area contributed by atoms with E-state index in [1.54, 1.807) is 41.5 Å². The van der Waals surface area contributed by atoms with Crippen LogP contribution in [0.15, 0.2) is 61.4 Å². The number of carbonyl (C=O) groups excluding carboxylic acids is 1. The van der Waals surface area contributed by atoms with E-state index in [2.05, 4.69) is 40.2 Å². The Morgan fingerprint density at radius 2 is 1.65 bits per heavy atom. The molecule has 1 saturated heterocycles. The van der Waals surface area contributed by atoms with E-state index in [0.29, 0.717) is 30.3 Å². The predicted molar refractivity (Wildman–Crippen MR) is 125 cm³/mol. The summed E-state index contributed by atoms with van der Waals surface area (Å²) in [6.45, 7) is 2.87. The van der Waals surface area contributed by atoms with Crippen LogP contribution in [0.4, 0.5) is 21.8 Å². The topological polar surface area (TPSA) is 105 Å².